The van der Waals surface area contributed by atoms with Gasteiger partial charge < -0.3 is 21.1 Å². The zero-order valence-corrected chi connectivity index (χ0v) is 17.2. The van der Waals surface area contributed by atoms with Crippen LogP contribution in [-0.4, -0.2) is 15.9 Å². The van der Waals surface area contributed by atoms with Crippen LogP contribution < -0.4 is 21.1 Å². The number of benzene rings is 3. The Morgan fingerprint density at radius 3 is 1.88 bits per heavy atom. The summed E-state index contributed by atoms with van der Waals surface area (Å²) in [6.07, 6.45) is 1.47. The third kappa shape index (κ3) is 5.28. The van der Waals surface area contributed by atoms with E-state index in [1.54, 1.807) is 18.2 Å². The fraction of sp³-hybridized carbons (Fsp3) is 0. The highest BCUT2D eigenvalue weighted by Gasteiger charge is 2.06. The van der Waals surface area contributed by atoms with Crippen molar-refractivity contribution >= 4 is 34.5 Å². The minimum atomic E-state index is -0.545. The first kappa shape index (κ1) is 20.6. The number of nitrogens with two attached hydrogens (primary N) is 1. The Balaban J connectivity index is 1.40. The predicted octanol–water partition coefficient (Wildman–Crippen LogP) is 5.25. The summed E-state index contributed by atoms with van der Waals surface area (Å²) in [7, 11) is 0. The Bertz CT molecular complexity index is 1220. The second-order valence-corrected chi connectivity index (χ2v) is 6.90. The molecule has 4 N–H and O–H groups in total. The summed E-state index contributed by atoms with van der Waals surface area (Å²) in [5.41, 5.74) is 7.88. The highest BCUT2D eigenvalue weighted by atomic mass is 16.5. The molecule has 0 saturated carbocycles. The Morgan fingerprint density at radius 2 is 1.31 bits per heavy atom. The van der Waals surface area contributed by atoms with Crippen LogP contribution in [0.15, 0.2) is 97.8 Å². The zero-order valence-electron chi connectivity index (χ0n) is 17.2. The summed E-state index contributed by atoms with van der Waals surface area (Å²) in [4.78, 5) is 19.8. The summed E-state index contributed by atoms with van der Waals surface area (Å²) in [6.45, 7) is 3.68. The van der Waals surface area contributed by atoms with Crippen LogP contribution in [0.5, 0.6) is 11.5 Å². The van der Waals surface area contributed by atoms with Gasteiger partial charge in [0.05, 0.1) is 0 Å². The zero-order chi connectivity index (χ0) is 22.3. The summed E-state index contributed by atoms with van der Waals surface area (Å²) >= 11 is 0. The van der Waals surface area contributed by atoms with Gasteiger partial charge in [-0.05, 0) is 54.1 Å². The van der Waals surface area contributed by atoms with E-state index in [0.29, 0.717) is 17.2 Å². The van der Waals surface area contributed by atoms with Gasteiger partial charge in [-0.25, -0.2) is 9.97 Å². The fourth-order valence-electron chi connectivity index (χ4n) is 2.92. The van der Waals surface area contributed by atoms with E-state index in [4.69, 9.17) is 10.5 Å². The number of para-hydroxylation sites is 1. The van der Waals surface area contributed by atoms with Gasteiger partial charge in [-0.1, -0.05) is 36.9 Å². The molecule has 32 heavy (non-hydrogen) atoms. The molecule has 3 aromatic carbocycles. The smallest absolute Gasteiger partial charge is 0.248 e. The van der Waals surface area contributed by atoms with Crippen LogP contribution in [0.2, 0.25) is 0 Å². The van der Waals surface area contributed by atoms with Crippen LogP contribution in [0, 0.1) is 0 Å². The molecule has 7 nitrogen and oxygen atoms in total. The van der Waals surface area contributed by atoms with Crippen LogP contribution >= 0.6 is 0 Å². The largest absolute Gasteiger partial charge is 0.457 e. The molecule has 0 bridgehead atoms. The molecule has 0 aliphatic carbocycles. The molecule has 0 unspecified atom stereocenters. The van der Waals surface area contributed by atoms with E-state index >= 15 is 0 Å². The van der Waals surface area contributed by atoms with Gasteiger partial charge in [0.25, 0.3) is 0 Å². The molecule has 0 saturated heterocycles. The average molecular weight is 423 g/mol. The lowest BCUT2D eigenvalue weighted by molar-refractivity contribution is -0.112. The minimum absolute atomic E-state index is 0.269. The van der Waals surface area contributed by atoms with E-state index in [1.165, 1.54) is 6.33 Å². The number of amides is 1. The number of ether oxygens (including phenoxy) is 1. The summed E-state index contributed by atoms with van der Waals surface area (Å²) in [6, 6.07) is 26.2. The van der Waals surface area contributed by atoms with Gasteiger partial charge in [-0.15, -0.1) is 0 Å². The van der Waals surface area contributed by atoms with E-state index in [-0.39, 0.29) is 5.57 Å². The third-order valence-electron chi connectivity index (χ3n) is 4.58. The number of anilines is 4. The van der Waals surface area contributed by atoms with Gasteiger partial charge in [-0.3, -0.25) is 4.79 Å². The van der Waals surface area contributed by atoms with Crippen molar-refractivity contribution in [3.05, 3.63) is 103 Å². The lowest BCUT2D eigenvalue weighted by atomic mass is 10.1. The van der Waals surface area contributed by atoms with Crippen molar-refractivity contribution in [1.29, 1.82) is 0 Å². The first-order valence-corrected chi connectivity index (χ1v) is 9.85. The summed E-state index contributed by atoms with van der Waals surface area (Å²) < 4.78 is 5.81. The lowest BCUT2D eigenvalue weighted by Gasteiger charge is -2.10. The Labute approximate surface area is 185 Å². The van der Waals surface area contributed by atoms with Gasteiger partial charge >= 0.3 is 0 Å². The van der Waals surface area contributed by atoms with Crippen molar-refractivity contribution in [3.63, 3.8) is 0 Å². The number of carbonyl (C=O) groups excluding carboxylic acids is 1. The van der Waals surface area contributed by atoms with E-state index < -0.39 is 5.91 Å². The molecular weight excluding hydrogens is 402 g/mol. The molecule has 1 heterocycles. The molecule has 158 valence electrons. The molecule has 1 aromatic heterocycles. The van der Waals surface area contributed by atoms with Gasteiger partial charge in [-0.2, -0.15) is 0 Å². The number of nitrogens with one attached hydrogen (secondary N) is 2. The number of rotatable bonds is 8. The van der Waals surface area contributed by atoms with E-state index in [1.807, 2.05) is 66.7 Å². The number of hydrogen-bond acceptors (Lipinski definition) is 6. The molecule has 0 radical (unpaired) electrons. The molecule has 0 aliphatic heterocycles. The van der Waals surface area contributed by atoms with Crippen molar-refractivity contribution in [2.45, 2.75) is 0 Å². The van der Waals surface area contributed by atoms with Crippen LogP contribution in [0.25, 0.3) is 5.57 Å². The van der Waals surface area contributed by atoms with Crippen molar-refractivity contribution in [3.8, 4) is 11.5 Å². The summed E-state index contributed by atoms with van der Waals surface area (Å²) in [5.74, 6) is 2.24. The Hall–Kier alpha value is -4.65. The molecule has 4 rings (SSSR count). The maximum Gasteiger partial charge on any atom is 0.248 e. The van der Waals surface area contributed by atoms with Crippen molar-refractivity contribution in [2.24, 2.45) is 5.73 Å². The van der Waals surface area contributed by atoms with Gasteiger partial charge in [0.1, 0.15) is 29.5 Å². The molecule has 7 heteroatoms. The van der Waals surface area contributed by atoms with Crippen molar-refractivity contribution < 1.29 is 9.53 Å². The molecule has 0 atom stereocenters. The third-order valence-corrected chi connectivity index (χ3v) is 4.58. The van der Waals surface area contributed by atoms with Crippen LogP contribution in [-0.2, 0) is 4.79 Å². The second-order valence-electron chi connectivity index (χ2n) is 6.90. The molecule has 4 aromatic rings. The lowest BCUT2D eigenvalue weighted by Crippen LogP contribution is -2.11. The highest BCUT2D eigenvalue weighted by molar-refractivity contribution is 6.17. The number of carbonyl (C=O) groups is 1. The minimum Gasteiger partial charge on any atom is -0.457 e. The van der Waals surface area contributed by atoms with E-state index in [0.717, 1.165) is 22.9 Å². The standard InChI is InChI=1S/C25H21N5O2/c1-17(25(26)31)18-7-9-19(10-8-18)29-23-15-24(28-16-27-23)30-20-11-13-22(14-12-20)32-21-5-3-2-4-6-21/h2-16H,1H2,(H2,26,31)(H2,27,28,29,30). The molecule has 0 aliphatic rings. The SMILES string of the molecule is C=C(C(N)=O)c1ccc(Nc2cc(Nc3ccc(Oc4ccccc4)cc3)ncn2)cc1. The number of aromatic nitrogens is 2. The van der Waals surface area contributed by atoms with E-state index in [9.17, 15) is 4.79 Å². The normalized spacial score (nSPS) is 10.2. The average Bonchev–Trinajstić information content (AvgIpc) is 2.81. The molecule has 0 spiro atoms. The summed E-state index contributed by atoms with van der Waals surface area (Å²) in [5, 5.41) is 6.45. The first-order chi connectivity index (χ1) is 15.6. The number of primary amides is 1. The Morgan fingerprint density at radius 1 is 0.781 bits per heavy atom. The maximum atomic E-state index is 11.2. The first-order valence-electron chi connectivity index (χ1n) is 9.85. The van der Waals surface area contributed by atoms with Crippen LogP contribution in [0.3, 0.4) is 0 Å². The number of hydrogen-bond donors (Lipinski definition) is 3. The monoisotopic (exact) mass is 423 g/mol. The predicted molar refractivity (Wildman–Crippen MR) is 126 cm³/mol. The van der Waals surface area contributed by atoms with Crippen LogP contribution in [0.4, 0.5) is 23.0 Å². The van der Waals surface area contributed by atoms with Gasteiger partial charge in [0.15, 0.2) is 0 Å². The second kappa shape index (κ2) is 9.44. The molecule has 1 amide bonds. The maximum absolute atomic E-state index is 11.2. The van der Waals surface area contributed by atoms with Crippen molar-refractivity contribution in [1.82, 2.24) is 9.97 Å². The van der Waals surface area contributed by atoms with Crippen LogP contribution in [0.1, 0.15) is 5.56 Å². The Kier molecular flexibility index (Phi) is 6.08. The fourth-order valence-corrected chi connectivity index (χ4v) is 2.92. The van der Waals surface area contributed by atoms with Gasteiger partial charge in [0, 0.05) is 23.0 Å². The highest BCUT2D eigenvalue weighted by Crippen LogP contribution is 2.25. The quantitative estimate of drug-likeness (QED) is 0.334. The van der Waals surface area contributed by atoms with E-state index in [2.05, 4.69) is 27.2 Å². The molecular formula is C25H21N5O2. The topological polar surface area (TPSA) is 102 Å². The van der Waals surface area contributed by atoms with Crippen molar-refractivity contribution in [2.75, 3.05) is 10.6 Å². The number of nitrogens with zero attached hydrogens (tertiary/aromatic N) is 2. The molecule has 0 fully saturated rings. The van der Waals surface area contributed by atoms with Gasteiger partial charge in [0.2, 0.25) is 5.91 Å².